The smallest absolute Gasteiger partial charge is 0.184 e. The van der Waals surface area contributed by atoms with Crippen LogP contribution in [0.15, 0.2) is 27.6 Å². The lowest BCUT2D eigenvalue weighted by molar-refractivity contribution is 0.105. The van der Waals surface area contributed by atoms with Gasteiger partial charge in [-0.2, -0.15) is 0 Å². The molecule has 0 aromatic heterocycles. The van der Waals surface area contributed by atoms with Crippen LogP contribution in [0.2, 0.25) is 0 Å². The molecule has 0 fully saturated rings. The zero-order valence-corrected chi connectivity index (χ0v) is 11.8. The van der Waals surface area contributed by atoms with Crippen LogP contribution in [0, 0.1) is 0 Å². The summed E-state index contributed by atoms with van der Waals surface area (Å²) in [4.78, 5) is -0.273. The molecule has 0 saturated heterocycles. The van der Waals surface area contributed by atoms with Gasteiger partial charge in [0.2, 0.25) is 0 Å². The molecule has 0 aliphatic heterocycles. The monoisotopic (exact) mass is 325 g/mol. The van der Waals surface area contributed by atoms with Gasteiger partial charge in [-0.1, -0.05) is 15.9 Å². The van der Waals surface area contributed by atoms with Gasteiger partial charge >= 0.3 is 0 Å². The van der Waals surface area contributed by atoms with E-state index in [0.717, 1.165) is 0 Å². The molecular formula is C11H15BrO4S. The van der Waals surface area contributed by atoms with Gasteiger partial charge < -0.3 is 9.84 Å². The van der Waals surface area contributed by atoms with Crippen molar-refractivity contribution in [3.05, 3.63) is 22.7 Å². The first-order chi connectivity index (χ1) is 8.80. The summed E-state index contributed by atoms with van der Waals surface area (Å²) in [7, 11) is -6.66. The fourth-order valence-electron chi connectivity index (χ4n) is 1.35. The van der Waals surface area contributed by atoms with Crippen molar-refractivity contribution >= 4 is 25.8 Å². The second kappa shape index (κ2) is 4.96. The van der Waals surface area contributed by atoms with Gasteiger partial charge in [0.25, 0.3) is 0 Å². The van der Waals surface area contributed by atoms with Crippen LogP contribution < -0.4 is 4.74 Å². The van der Waals surface area contributed by atoms with Gasteiger partial charge in [0, 0.05) is 4.47 Å². The fourth-order valence-corrected chi connectivity index (χ4v) is 3.67. The summed E-state index contributed by atoms with van der Waals surface area (Å²) in [6.45, 7) is 2.71. The molecule has 0 radical (unpaired) electrons. The third kappa shape index (κ3) is 3.97. The first-order valence-corrected chi connectivity index (χ1v) is 7.18. The van der Waals surface area contributed by atoms with Gasteiger partial charge in [-0.05, 0) is 32.0 Å². The van der Waals surface area contributed by atoms with Crippen molar-refractivity contribution in [2.75, 3.05) is 12.8 Å². The second-order valence-corrected chi connectivity index (χ2v) is 7.14. The summed E-state index contributed by atoms with van der Waals surface area (Å²) >= 11 is 3.12. The Bertz CT molecular complexity index is 591. The van der Waals surface area contributed by atoms with Crippen LogP contribution >= 0.6 is 15.9 Å². The Labute approximate surface area is 114 Å². The number of benzene rings is 1. The molecule has 0 heterocycles. The zero-order valence-electron chi connectivity index (χ0n) is 12.4. The van der Waals surface area contributed by atoms with Gasteiger partial charge in [-0.15, -0.1) is 0 Å². The van der Waals surface area contributed by atoms with Crippen LogP contribution in [0.4, 0.5) is 0 Å². The van der Waals surface area contributed by atoms with E-state index in [1.54, 1.807) is 0 Å². The first-order valence-electron chi connectivity index (χ1n) is 6.24. The second-order valence-electron chi connectivity index (χ2n) is 4.26. The quantitative estimate of drug-likeness (QED) is 0.919. The van der Waals surface area contributed by atoms with Crippen LogP contribution in [0.25, 0.3) is 0 Å². The van der Waals surface area contributed by atoms with Crippen molar-refractivity contribution < 1.29 is 22.4 Å². The van der Waals surface area contributed by atoms with Gasteiger partial charge in [0.15, 0.2) is 9.84 Å². The van der Waals surface area contributed by atoms with Crippen LogP contribution in [0.3, 0.4) is 0 Å². The summed E-state index contributed by atoms with van der Waals surface area (Å²) in [5, 5.41) is 9.66. The Hall–Kier alpha value is -0.590. The molecule has 1 aromatic carbocycles. The number of methoxy groups -OCH3 is 1. The van der Waals surface area contributed by atoms with E-state index in [9.17, 15) is 13.5 Å². The average Bonchev–Trinajstić information content (AvgIpc) is 2.14. The van der Waals surface area contributed by atoms with Crippen molar-refractivity contribution in [1.29, 1.82) is 0 Å². The predicted molar refractivity (Wildman–Crippen MR) is 69.0 cm³/mol. The molecule has 6 heteroatoms. The Morgan fingerprint density at radius 1 is 1.53 bits per heavy atom. The van der Waals surface area contributed by atoms with Crippen LogP contribution in [0.5, 0.6) is 5.75 Å². The summed E-state index contributed by atoms with van der Waals surface area (Å²) in [6.07, 6.45) is 0. The highest BCUT2D eigenvalue weighted by Gasteiger charge is 2.27. The van der Waals surface area contributed by atoms with E-state index in [2.05, 4.69) is 15.9 Å². The molecule has 17 heavy (non-hydrogen) atoms. The van der Waals surface area contributed by atoms with Crippen molar-refractivity contribution in [2.45, 2.75) is 24.3 Å². The van der Waals surface area contributed by atoms with E-state index in [1.807, 2.05) is 0 Å². The molecule has 4 nitrogen and oxygen atoms in total. The largest absolute Gasteiger partial charge is 0.495 e. The average molecular weight is 326 g/mol. The van der Waals surface area contributed by atoms with Crippen molar-refractivity contribution in [2.24, 2.45) is 0 Å². The number of aliphatic hydroxyl groups is 1. The SMILES string of the molecule is [2H]C([2H])([2H])Oc1ccc(Br)cc1S(=O)(=O)CC(C)(C)O. The number of ether oxygens (including phenoxy) is 1. The minimum atomic E-state index is -3.90. The summed E-state index contributed by atoms with van der Waals surface area (Å²) < 4.78 is 50.9. The maximum absolute atomic E-state index is 12.3. The minimum Gasteiger partial charge on any atom is -0.495 e. The molecule has 0 spiro atoms. The molecule has 1 rings (SSSR count). The van der Waals surface area contributed by atoms with Gasteiger partial charge in [0.05, 0.1) is 22.5 Å². The Morgan fingerprint density at radius 3 is 2.71 bits per heavy atom. The summed E-state index contributed by atoms with van der Waals surface area (Å²) in [5.41, 5.74) is -1.45. The molecule has 1 N–H and O–H groups in total. The Balaban J connectivity index is 3.32. The molecule has 0 saturated carbocycles. The van der Waals surface area contributed by atoms with Crippen LogP contribution in [-0.2, 0) is 9.84 Å². The van der Waals surface area contributed by atoms with Gasteiger partial charge in [0.1, 0.15) is 10.6 Å². The fraction of sp³-hybridized carbons (Fsp3) is 0.455. The molecule has 0 bridgehead atoms. The highest BCUT2D eigenvalue weighted by atomic mass is 79.9. The molecule has 1 aromatic rings. The number of halogens is 1. The molecule has 0 unspecified atom stereocenters. The molecule has 0 amide bonds. The molecule has 0 aliphatic carbocycles. The normalized spacial score (nSPS) is 15.9. The number of hydrogen-bond acceptors (Lipinski definition) is 4. The van der Waals surface area contributed by atoms with E-state index in [4.69, 9.17) is 8.85 Å². The first kappa shape index (κ1) is 10.3. The molecular weight excluding hydrogens is 308 g/mol. The summed E-state index contributed by atoms with van der Waals surface area (Å²) in [5.74, 6) is -0.814. The molecule has 0 aliphatic rings. The number of hydrogen-bond donors (Lipinski definition) is 1. The maximum atomic E-state index is 12.3. The summed E-state index contributed by atoms with van der Waals surface area (Å²) in [6, 6.07) is 3.99. The maximum Gasteiger partial charge on any atom is 0.184 e. The lowest BCUT2D eigenvalue weighted by Crippen LogP contribution is -2.30. The van der Waals surface area contributed by atoms with E-state index < -0.39 is 28.2 Å². The topological polar surface area (TPSA) is 63.6 Å². The highest BCUT2D eigenvalue weighted by Crippen LogP contribution is 2.29. The van der Waals surface area contributed by atoms with E-state index in [-0.39, 0.29) is 10.6 Å². The van der Waals surface area contributed by atoms with Gasteiger partial charge in [-0.3, -0.25) is 0 Å². The zero-order chi connectivity index (χ0) is 15.8. The Morgan fingerprint density at radius 2 is 2.18 bits per heavy atom. The van der Waals surface area contributed by atoms with Crippen molar-refractivity contribution in [1.82, 2.24) is 0 Å². The van der Waals surface area contributed by atoms with Crippen LogP contribution in [-0.4, -0.2) is 31.9 Å². The van der Waals surface area contributed by atoms with E-state index in [0.29, 0.717) is 4.47 Å². The lowest BCUT2D eigenvalue weighted by Gasteiger charge is -2.18. The molecule has 0 atom stereocenters. The van der Waals surface area contributed by atoms with E-state index in [1.165, 1.54) is 32.0 Å². The standard InChI is InChI=1S/C11H15BrO4S/c1-11(2,13)7-17(14,15)10-6-8(12)4-5-9(10)16-3/h4-6,13H,7H2,1-3H3/i3D3. The van der Waals surface area contributed by atoms with Gasteiger partial charge in [-0.25, -0.2) is 8.42 Å². The molecule has 96 valence electrons. The van der Waals surface area contributed by atoms with E-state index >= 15 is 0 Å². The lowest BCUT2D eigenvalue weighted by atomic mass is 10.2. The Kier molecular flexibility index (Phi) is 3.02. The minimum absolute atomic E-state index is 0.266. The van der Waals surface area contributed by atoms with Crippen molar-refractivity contribution in [3.8, 4) is 5.75 Å². The number of rotatable bonds is 4. The predicted octanol–water partition coefficient (Wildman–Crippen LogP) is 2.00. The third-order valence-electron chi connectivity index (χ3n) is 1.89. The number of sulfone groups is 1. The van der Waals surface area contributed by atoms with Crippen LogP contribution in [0.1, 0.15) is 18.0 Å². The highest BCUT2D eigenvalue weighted by molar-refractivity contribution is 9.10. The van der Waals surface area contributed by atoms with Crippen molar-refractivity contribution in [3.63, 3.8) is 0 Å². The third-order valence-corrected chi connectivity index (χ3v) is 4.46.